The van der Waals surface area contributed by atoms with Crippen LogP contribution in [0.25, 0.3) is 0 Å². The quantitative estimate of drug-likeness (QED) is 0.464. The molecular formula is C13H20N2O2. The van der Waals surface area contributed by atoms with E-state index in [0.29, 0.717) is 5.56 Å². The molecule has 94 valence electrons. The third-order valence-corrected chi connectivity index (χ3v) is 2.84. The van der Waals surface area contributed by atoms with Crippen LogP contribution in [-0.4, -0.2) is 11.5 Å². The number of hydrogen-bond donors (Lipinski definition) is 1. The Labute approximate surface area is 102 Å². The highest BCUT2D eigenvalue weighted by molar-refractivity contribution is 5.59. The minimum absolute atomic E-state index is 0.196. The maximum atomic E-state index is 10.8. The van der Waals surface area contributed by atoms with E-state index in [-0.39, 0.29) is 10.6 Å². The van der Waals surface area contributed by atoms with E-state index in [2.05, 4.69) is 12.2 Å². The van der Waals surface area contributed by atoms with E-state index in [1.807, 2.05) is 13.0 Å². The summed E-state index contributed by atoms with van der Waals surface area (Å²) in [4.78, 5) is 10.4. The Hall–Kier alpha value is -1.58. The van der Waals surface area contributed by atoms with Gasteiger partial charge in [0.15, 0.2) is 0 Å². The van der Waals surface area contributed by atoms with E-state index in [0.717, 1.165) is 24.2 Å². The maximum absolute atomic E-state index is 10.8. The second-order valence-electron chi connectivity index (χ2n) is 4.34. The van der Waals surface area contributed by atoms with Gasteiger partial charge < -0.3 is 5.32 Å². The molecule has 17 heavy (non-hydrogen) atoms. The summed E-state index contributed by atoms with van der Waals surface area (Å²) in [5.74, 6) is 0. The van der Waals surface area contributed by atoms with Gasteiger partial charge in [0.25, 0.3) is 5.69 Å². The molecule has 0 fully saturated rings. The van der Waals surface area contributed by atoms with E-state index < -0.39 is 0 Å². The van der Waals surface area contributed by atoms with Gasteiger partial charge in [-0.1, -0.05) is 19.8 Å². The fourth-order valence-corrected chi connectivity index (χ4v) is 1.79. The standard InChI is InChI=1S/C13H20N2O2/c1-4-5-6-7-14-12-8-11(3)13(15(16)17)9-10(12)2/h8-9,14H,4-7H2,1-3H3. The topological polar surface area (TPSA) is 55.2 Å². The van der Waals surface area contributed by atoms with E-state index in [9.17, 15) is 10.1 Å². The molecule has 0 saturated carbocycles. The Bertz CT molecular complexity index is 403. The van der Waals surface area contributed by atoms with Gasteiger partial charge in [-0.2, -0.15) is 0 Å². The van der Waals surface area contributed by atoms with Gasteiger partial charge in [-0.05, 0) is 31.9 Å². The Kier molecular flexibility index (Phi) is 4.94. The summed E-state index contributed by atoms with van der Waals surface area (Å²) in [6.45, 7) is 6.76. The minimum atomic E-state index is -0.330. The summed E-state index contributed by atoms with van der Waals surface area (Å²) in [6, 6.07) is 3.50. The molecule has 0 heterocycles. The van der Waals surface area contributed by atoms with Crippen molar-refractivity contribution in [3.05, 3.63) is 33.4 Å². The number of nitrogens with one attached hydrogen (secondary N) is 1. The van der Waals surface area contributed by atoms with Gasteiger partial charge in [0.2, 0.25) is 0 Å². The summed E-state index contributed by atoms with van der Waals surface area (Å²) in [5, 5.41) is 14.1. The fraction of sp³-hybridized carbons (Fsp3) is 0.538. The monoisotopic (exact) mass is 236 g/mol. The van der Waals surface area contributed by atoms with Crippen molar-refractivity contribution in [3.63, 3.8) is 0 Å². The normalized spacial score (nSPS) is 10.3. The van der Waals surface area contributed by atoms with Gasteiger partial charge in [-0.15, -0.1) is 0 Å². The number of rotatable bonds is 6. The number of anilines is 1. The summed E-state index contributed by atoms with van der Waals surface area (Å²) in [5.41, 5.74) is 2.84. The number of nitro benzene ring substituents is 1. The third kappa shape index (κ3) is 3.73. The van der Waals surface area contributed by atoms with Crippen molar-refractivity contribution in [2.75, 3.05) is 11.9 Å². The van der Waals surface area contributed by atoms with Crippen molar-refractivity contribution < 1.29 is 4.92 Å². The predicted octanol–water partition coefficient (Wildman–Crippen LogP) is 3.81. The van der Waals surface area contributed by atoms with Crippen molar-refractivity contribution >= 4 is 11.4 Å². The molecule has 0 aliphatic rings. The number of nitrogens with zero attached hydrogens (tertiary/aromatic N) is 1. The van der Waals surface area contributed by atoms with Crippen molar-refractivity contribution in [1.82, 2.24) is 0 Å². The molecule has 0 unspecified atom stereocenters. The highest BCUT2D eigenvalue weighted by Crippen LogP contribution is 2.25. The molecule has 0 amide bonds. The zero-order chi connectivity index (χ0) is 12.8. The highest BCUT2D eigenvalue weighted by atomic mass is 16.6. The van der Waals surface area contributed by atoms with Crippen LogP contribution in [0.15, 0.2) is 12.1 Å². The first-order chi connectivity index (χ1) is 8.06. The van der Waals surface area contributed by atoms with E-state index in [4.69, 9.17) is 0 Å². The second kappa shape index (κ2) is 6.23. The average molecular weight is 236 g/mol. The molecule has 1 N–H and O–H groups in total. The summed E-state index contributed by atoms with van der Waals surface area (Å²) in [7, 11) is 0. The number of aryl methyl sites for hydroxylation is 2. The van der Waals surface area contributed by atoms with Crippen LogP contribution in [0.3, 0.4) is 0 Å². The number of unbranched alkanes of at least 4 members (excludes halogenated alkanes) is 2. The summed E-state index contributed by atoms with van der Waals surface area (Å²) < 4.78 is 0. The zero-order valence-corrected chi connectivity index (χ0v) is 10.7. The third-order valence-electron chi connectivity index (χ3n) is 2.84. The molecule has 0 aromatic heterocycles. The van der Waals surface area contributed by atoms with Crippen molar-refractivity contribution in [2.24, 2.45) is 0 Å². The summed E-state index contributed by atoms with van der Waals surface area (Å²) >= 11 is 0. The van der Waals surface area contributed by atoms with E-state index in [1.54, 1.807) is 13.0 Å². The van der Waals surface area contributed by atoms with Crippen LogP contribution < -0.4 is 5.32 Å². The van der Waals surface area contributed by atoms with Crippen LogP contribution in [-0.2, 0) is 0 Å². The fourth-order valence-electron chi connectivity index (χ4n) is 1.79. The van der Waals surface area contributed by atoms with Crippen molar-refractivity contribution in [1.29, 1.82) is 0 Å². The molecule has 0 aliphatic heterocycles. The van der Waals surface area contributed by atoms with Gasteiger partial charge >= 0.3 is 0 Å². The lowest BCUT2D eigenvalue weighted by Crippen LogP contribution is -2.04. The first-order valence-electron chi connectivity index (χ1n) is 6.05. The molecule has 1 aromatic rings. The lowest BCUT2D eigenvalue weighted by atomic mass is 10.1. The molecule has 4 nitrogen and oxygen atoms in total. The van der Waals surface area contributed by atoms with Gasteiger partial charge in [-0.25, -0.2) is 0 Å². The molecule has 4 heteroatoms. The zero-order valence-electron chi connectivity index (χ0n) is 10.7. The molecule has 1 aromatic carbocycles. The van der Waals surface area contributed by atoms with Crippen LogP contribution >= 0.6 is 0 Å². The largest absolute Gasteiger partial charge is 0.385 e. The van der Waals surface area contributed by atoms with Gasteiger partial charge in [0.05, 0.1) is 4.92 Å². The summed E-state index contributed by atoms with van der Waals surface area (Å²) in [6.07, 6.45) is 3.53. The van der Waals surface area contributed by atoms with Crippen LogP contribution in [0, 0.1) is 24.0 Å². The molecule has 0 bridgehead atoms. The number of benzene rings is 1. The molecule has 0 saturated heterocycles. The van der Waals surface area contributed by atoms with E-state index in [1.165, 1.54) is 12.8 Å². The molecule has 0 aliphatic carbocycles. The number of hydrogen-bond acceptors (Lipinski definition) is 3. The van der Waals surface area contributed by atoms with Crippen LogP contribution in [0.5, 0.6) is 0 Å². The van der Waals surface area contributed by atoms with Crippen LogP contribution in [0.1, 0.15) is 37.3 Å². The molecule has 0 spiro atoms. The minimum Gasteiger partial charge on any atom is -0.385 e. The van der Waals surface area contributed by atoms with Gasteiger partial charge in [-0.3, -0.25) is 10.1 Å². The average Bonchev–Trinajstić information content (AvgIpc) is 2.28. The second-order valence-corrected chi connectivity index (χ2v) is 4.34. The molecular weight excluding hydrogens is 216 g/mol. The Morgan fingerprint density at radius 2 is 1.94 bits per heavy atom. The Balaban J connectivity index is 2.74. The molecule has 0 radical (unpaired) electrons. The SMILES string of the molecule is CCCCCNc1cc(C)c([N+](=O)[O-])cc1C. The first-order valence-corrected chi connectivity index (χ1v) is 6.05. The van der Waals surface area contributed by atoms with Crippen molar-refractivity contribution in [3.8, 4) is 0 Å². The molecule has 0 atom stereocenters. The Morgan fingerprint density at radius 1 is 1.24 bits per heavy atom. The van der Waals surface area contributed by atoms with Crippen molar-refractivity contribution in [2.45, 2.75) is 40.0 Å². The molecule has 1 rings (SSSR count). The smallest absolute Gasteiger partial charge is 0.272 e. The number of nitro groups is 1. The predicted molar refractivity (Wildman–Crippen MR) is 70.6 cm³/mol. The lowest BCUT2D eigenvalue weighted by Gasteiger charge is -2.10. The highest BCUT2D eigenvalue weighted by Gasteiger charge is 2.12. The van der Waals surface area contributed by atoms with Crippen LogP contribution in [0.2, 0.25) is 0 Å². The van der Waals surface area contributed by atoms with E-state index >= 15 is 0 Å². The Morgan fingerprint density at radius 3 is 2.53 bits per heavy atom. The first kappa shape index (κ1) is 13.5. The van der Waals surface area contributed by atoms with Gasteiger partial charge in [0.1, 0.15) is 0 Å². The van der Waals surface area contributed by atoms with Crippen LogP contribution in [0.4, 0.5) is 11.4 Å². The van der Waals surface area contributed by atoms with Gasteiger partial charge in [0, 0.05) is 23.9 Å². The maximum Gasteiger partial charge on any atom is 0.272 e. The lowest BCUT2D eigenvalue weighted by molar-refractivity contribution is -0.385.